The summed E-state index contributed by atoms with van der Waals surface area (Å²) in [5.74, 6) is -1.21. The van der Waals surface area contributed by atoms with Crippen molar-refractivity contribution in [3.63, 3.8) is 0 Å². The molecule has 1 aromatic carbocycles. The van der Waals surface area contributed by atoms with Crippen LogP contribution >= 0.6 is 0 Å². The summed E-state index contributed by atoms with van der Waals surface area (Å²) in [5, 5.41) is 18.6. The summed E-state index contributed by atoms with van der Waals surface area (Å²) in [7, 11) is 0. The van der Waals surface area contributed by atoms with Crippen LogP contribution in [-0.4, -0.2) is 39.2 Å². The molecule has 0 aliphatic rings. The predicted molar refractivity (Wildman–Crippen MR) is 104 cm³/mol. The van der Waals surface area contributed by atoms with Gasteiger partial charge in [0.05, 0.1) is 5.69 Å². The van der Waals surface area contributed by atoms with Gasteiger partial charge in [0.25, 0.3) is 0 Å². The summed E-state index contributed by atoms with van der Waals surface area (Å²) in [6.07, 6.45) is 2.47. The number of carbonyl (C=O) groups excluding carboxylic acids is 2. The number of hydrogen-bond donors (Lipinski definition) is 3. The Morgan fingerprint density at radius 3 is 2.54 bits per heavy atom. The topological polar surface area (TPSA) is 113 Å². The zero-order valence-corrected chi connectivity index (χ0v) is 16.4. The SMILES string of the molecule is CC(C)(C)C(=O)NCCCC(=O)NCc1cccc(-n2ccc(C(=O)O)n2)c1. The maximum Gasteiger partial charge on any atom is 0.356 e. The van der Waals surface area contributed by atoms with Gasteiger partial charge in [0.2, 0.25) is 11.8 Å². The first kappa shape index (κ1) is 21.1. The van der Waals surface area contributed by atoms with Gasteiger partial charge in [-0.2, -0.15) is 5.10 Å². The zero-order valence-electron chi connectivity index (χ0n) is 16.4. The average molecular weight is 386 g/mol. The van der Waals surface area contributed by atoms with E-state index in [1.807, 2.05) is 45.0 Å². The number of carboxylic acid groups (broad SMARTS) is 1. The maximum absolute atomic E-state index is 12.0. The molecule has 0 bridgehead atoms. The Bertz CT molecular complexity index is 852. The van der Waals surface area contributed by atoms with Crippen molar-refractivity contribution in [3.8, 4) is 5.69 Å². The first-order chi connectivity index (χ1) is 13.2. The highest BCUT2D eigenvalue weighted by Crippen LogP contribution is 2.12. The minimum absolute atomic E-state index is 0.0303. The van der Waals surface area contributed by atoms with E-state index in [0.29, 0.717) is 31.6 Å². The number of hydrogen-bond acceptors (Lipinski definition) is 4. The zero-order chi connectivity index (χ0) is 20.7. The molecule has 0 saturated heterocycles. The Balaban J connectivity index is 1.80. The van der Waals surface area contributed by atoms with Crippen molar-refractivity contribution in [3.05, 3.63) is 47.8 Å². The van der Waals surface area contributed by atoms with Crippen molar-refractivity contribution in [2.45, 2.75) is 40.2 Å². The van der Waals surface area contributed by atoms with Gasteiger partial charge >= 0.3 is 5.97 Å². The molecule has 28 heavy (non-hydrogen) atoms. The lowest BCUT2D eigenvalue weighted by atomic mass is 9.96. The Hall–Kier alpha value is -3.16. The molecular formula is C20H26N4O4. The molecule has 3 N–H and O–H groups in total. The standard InChI is InChI=1S/C20H26N4O4/c1-20(2,3)19(28)21-10-5-8-17(25)22-13-14-6-4-7-15(12-14)24-11-9-16(23-24)18(26)27/h4,6-7,9,11-12H,5,8,10,13H2,1-3H3,(H,21,28)(H,22,25)(H,26,27). The first-order valence-electron chi connectivity index (χ1n) is 9.10. The summed E-state index contributed by atoms with van der Waals surface area (Å²) in [6.45, 7) is 6.34. The quantitative estimate of drug-likeness (QED) is 0.602. The number of carboxylic acids is 1. The molecule has 1 heterocycles. The number of amides is 2. The summed E-state index contributed by atoms with van der Waals surface area (Å²) < 4.78 is 1.48. The molecule has 0 radical (unpaired) electrons. The van der Waals surface area contributed by atoms with Crippen LogP contribution in [0.5, 0.6) is 0 Å². The van der Waals surface area contributed by atoms with Crippen LogP contribution in [0.25, 0.3) is 5.69 Å². The van der Waals surface area contributed by atoms with Gasteiger partial charge in [0, 0.05) is 31.1 Å². The Morgan fingerprint density at radius 1 is 1.14 bits per heavy atom. The molecular weight excluding hydrogens is 360 g/mol. The van der Waals surface area contributed by atoms with Crippen molar-refractivity contribution in [2.75, 3.05) is 6.54 Å². The molecule has 150 valence electrons. The van der Waals surface area contributed by atoms with E-state index in [0.717, 1.165) is 5.56 Å². The molecule has 0 aliphatic heterocycles. The summed E-state index contributed by atoms with van der Waals surface area (Å²) in [4.78, 5) is 34.7. The van der Waals surface area contributed by atoms with Gasteiger partial charge in [-0.25, -0.2) is 9.48 Å². The molecule has 2 rings (SSSR count). The van der Waals surface area contributed by atoms with E-state index in [1.54, 1.807) is 6.20 Å². The van der Waals surface area contributed by atoms with Crippen molar-refractivity contribution in [2.24, 2.45) is 5.41 Å². The molecule has 0 fully saturated rings. The van der Waals surface area contributed by atoms with Crippen LogP contribution in [0.3, 0.4) is 0 Å². The molecule has 8 heteroatoms. The highest BCUT2D eigenvalue weighted by Gasteiger charge is 2.20. The molecule has 0 atom stereocenters. The Morgan fingerprint density at radius 2 is 1.89 bits per heavy atom. The van der Waals surface area contributed by atoms with E-state index in [2.05, 4.69) is 15.7 Å². The largest absolute Gasteiger partial charge is 0.476 e. The van der Waals surface area contributed by atoms with Crippen molar-refractivity contribution >= 4 is 17.8 Å². The monoisotopic (exact) mass is 386 g/mol. The van der Waals surface area contributed by atoms with Crippen LogP contribution in [0, 0.1) is 5.41 Å². The third kappa shape index (κ3) is 6.22. The highest BCUT2D eigenvalue weighted by atomic mass is 16.4. The summed E-state index contributed by atoms with van der Waals surface area (Å²) >= 11 is 0. The average Bonchev–Trinajstić information content (AvgIpc) is 3.13. The van der Waals surface area contributed by atoms with Crippen LogP contribution < -0.4 is 10.6 Å². The third-order valence-electron chi connectivity index (χ3n) is 4.02. The number of carbonyl (C=O) groups is 3. The number of aromatic carboxylic acids is 1. The molecule has 2 amide bonds. The van der Waals surface area contributed by atoms with Crippen LogP contribution in [-0.2, 0) is 16.1 Å². The summed E-state index contributed by atoms with van der Waals surface area (Å²) in [6, 6.07) is 8.76. The van der Waals surface area contributed by atoms with Gasteiger partial charge < -0.3 is 15.7 Å². The van der Waals surface area contributed by atoms with Gasteiger partial charge in [-0.3, -0.25) is 9.59 Å². The minimum atomic E-state index is -1.08. The van der Waals surface area contributed by atoms with E-state index in [4.69, 9.17) is 5.11 Å². The van der Waals surface area contributed by atoms with Gasteiger partial charge in [-0.1, -0.05) is 32.9 Å². The van der Waals surface area contributed by atoms with E-state index in [1.165, 1.54) is 10.7 Å². The highest BCUT2D eigenvalue weighted by molar-refractivity contribution is 5.85. The smallest absolute Gasteiger partial charge is 0.356 e. The van der Waals surface area contributed by atoms with Crippen LogP contribution in [0.4, 0.5) is 0 Å². The number of aromatic nitrogens is 2. The number of nitrogens with one attached hydrogen (secondary N) is 2. The van der Waals surface area contributed by atoms with Crippen molar-refractivity contribution in [1.82, 2.24) is 20.4 Å². The van der Waals surface area contributed by atoms with Crippen LogP contribution in [0.1, 0.15) is 49.7 Å². The second kappa shape index (κ2) is 9.16. The molecule has 1 aromatic heterocycles. The fraction of sp³-hybridized carbons (Fsp3) is 0.400. The first-order valence-corrected chi connectivity index (χ1v) is 9.10. The van der Waals surface area contributed by atoms with Gasteiger partial charge in [0.15, 0.2) is 5.69 Å². The van der Waals surface area contributed by atoms with Crippen molar-refractivity contribution in [1.29, 1.82) is 0 Å². The molecule has 0 spiro atoms. The molecule has 0 saturated carbocycles. The second-order valence-corrected chi connectivity index (χ2v) is 7.51. The molecule has 0 unspecified atom stereocenters. The predicted octanol–water partition coefficient (Wildman–Crippen LogP) is 2.13. The van der Waals surface area contributed by atoms with Crippen molar-refractivity contribution < 1.29 is 19.5 Å². The minimum Gasteiger partial charge on any atom is -0.476 e. The number of nitrogens with zero attached hydrogens (tertiary/aromatic N) is 2. The number of benzene rings is 1. The normalized spacial score (nSPS) is 11.1. The Labute approximate surface area is 163 Å². The fourth-order valence-corrected chi connectivity index (χ4v) is 2.40. The lowest BCUT2D eigenvalue weighted by Crippen LogP contribution is -2.35. The number of rotatable bonds is 8. The van der Waals surface area contributed by atoms with Gasteiger partial charge in [-0.05, 0) is 30.2 Å². The van der Waals surface area contributed by atoms with Gasteiger partial charge in [0.1, 0.15) is 0 Å². The maximum atomic E-state index is 12.0. The summed E-state index contributed by atoms with van der Waals surface area (Å²) in [5.41, 5.74) is 1.12. The fourth-order valence-electron chi connectivity index (χ4n) is 2.40. The Kier molecular flexibility index (Phi) is 6.92. The van der Waals surface area contributed by atoms with E-state index >= 15 is 0 Å². The lowest BCUT2D eigenvalue weighted by Gasteiger charge is -2.17. The van der Waals surface area contributed by atoms with E-state index < -0.39 is 11.4 Å². The van der Waals surface area contributed by atoms with E-state index in [9.17, 15) is 14.4 Å². The van der Waals surface area contributed by atoms with Gasteiger partial charge in [-0.15, -0.1) is 0 Å². The molecule has 8 nitrogen and oxygen atoms in total. The molecule has 0 aliphatic carbocycles. The second-order valence-electron chi connectivity index (χ2n) is 7.51. The van der Waals surface area contributed by atoms with Crippen LogP contribution in [0.15, 0.2) is 36.5 Å². The molecule has 2 aromatic rings. The third-order valence-corrected chi connectivity index (χ3v) is 4.02. The van der Waals surface area contributed by atoms with Crippen LogP contribution in [0.2, 0.25) is 0 Å². The van der Waals surface area contributed by atoms with E-state index in [-0.39, 0.29) is 17.5 Å². The lowest BCUT2D eigenvalue weighted by molar-refractivity contribution is -0.128.